The molecule has 0 heterocycles. The van der Waals surface area contributed by atoms with E-state index in [4.69, 9.17) is 4.74 Å². The number of alkyl carbamates (subject to hydrolysis) is 1. The van der Waals surface area contributed by atoms with Crippen LogP contribution in [0.1, 0.15) is 60.3 Å². The van der Waals surface area contributed by atoms with Crippen LogP contribution in [0, 0.1) is 5.92 Å². The Hall–Kier alpha value is -1.26. The van der Waals surface area contributed by atoms with Crippen LogP contribution in [-0.4, -0.2) is 30.7 Å². The standard InChI is InChI=1S/C15H30N2O3/c1-6-8-12(9-7-2)13(18)16-10-11-17-14(19)20-15(3,4)5/h12H,6-11H2,1-5H3,(H,16,18)(H,17,19). The summed E-state index contributed by atoms with van der Waals surface area (Å²) in [6.07, 6.45) is 3.39. The molecule has 0 fully saturated rings. The van der Waals surface area contributed by atoms with Crippen molar-refractivity contribution in [1.82, 2.24) is 10.6 Å². The number of ether oxygens (including phenoxy) is 1. The minimum Gasteiger partial charge on any atom is -0.444 e. The van der Waals surface area contributed by atoms with E-state index >= 15 is 0 Å². The SMILES string of the molecule is CCCC(CCC)C(=O)NCCNC(=O)OC(C)(C)C. The summed E-state index contributed by atoms with van der Waals surface area (Å²) >= 11 is 0. The summed E-state index contributed by atoms with van der Waals surface area (Å²) < 4.78 is 5.11. The van der Waals surface area contributed by atoms with E-state index in [-0.39, 0.29) is 11.8 Å². The molecule has 0 aliphatic carbocycles. The van der Waals surface area contributed by atoms with Crippen molar-refractivity contribution in [2.75, 3.05) is 13.1 Å². The summed E-state index contributed by atoms with van der Waals surface area (Å²) in [6.45, 7) is 10.4. The molecule has 0 aliphatic heterocycles. The van der Waals surface area contributed by atoms with Gasteiger partial charge in [-0.2, -0.15) is 0 Å². The lowest BCUT2D eigenvalue weighted by Gasteiger charge is -2.20. The molecule has 0 spiro atoms. The van der Waals surface area contributed by atoms with Crippen LogP contribution in [0.25, 0.3) is 0 Å². The van der Waals surface area contributed by atoms with Gasteiger partial charge in [-0.1, -0.05) is 26.7 Å². The zero-order valence-corrected chi connectivity index (χ0v) is 13.5. The van der Waals surface area contributed by atoms with Crippen molar-refractivity contribution >= 4 is 12.0 Å². The monoisotopic (exact) mass is 286 g/mol. The van der Waals surface area contributed by atoms with Gasteiger partial charge in [-0.3, -0.25) is 4.79 Å². The van der Waals surface area contributed by atoms with Crippen molar-refractivity contribution in [2.45, 2.75) is 65.9 Å². The molecule has 0 aromatic carbocycles. The van der Waals surface area contributed by atoms with Gasteiger partial charge in [0.15, 0.2) is 0 Å². The van der Waals surface area contributed by atoms with E-state index in [2.05, 4.69) is 24.5 Å². The molecular weight excluding hydrogens is 256 g/mol. The van der Waals surface area contributed by atoms with Crippen LogP contribution in [-0.2, 0) is 9.53 Å². The third-order valence-corrected chi connectivity index (χ3v) is 2.74. The summed E-state index contributed by atoms with van der Waals surface area (Å²) in [5.41, 5.74) is -0.499. The largest absolute Gasteiger partial charge is 0.444 e. The second-order valence-electron chi connectivity index (χ2n) is 5.99. The number of hydrogen-bond acceptors (Lipinski definition) is 3. The smallest absolute Gasteiger partial charge is 0.407 e. The van der Waals surface area contributed by atoms with Crippen LogP contribution in [0.2, 0.25) is 0 Å². The van der Waals surface area contributed by atoms with Crippen LogP contribution < -0.4 is 10.6 Å². The Morgan fingerprint density at radius 2 is 1.50 bits per heavy atom. The molecule has 2 N–H and O–H groups in total. The molecule has 0 bridgehead atoms. The lowest BCUT2D eigenvalue weighted by atomic mass is 9.97. The highest BCUT2D eigenvalue weighted by Crippen LogP contribution is 2.13. The van der Waals surface area contributed by atoms with Gasteiger partial charge in [-0.05, 0) is 33.6 Å². The van der Waals surface area contributed by atoms with E-state index in [0.717, 1.165) is 25.7 Å². The van der Waals surface area contributed by atoms with Crippen LogP contribution in [0.3, 0.4) is 0 Å². The van der Waals surface area contributed by atoms with Crippen LogP contribution >= 0.6 is 0 Å². The number of carbonyl (C=O) groups excluding carboxylic acids is 2. The summed E-state index contributed by atoms with van der Waals surface area (Å²) in [5.74, 6) is 0.172. The molecule has 20 heavy (non-hydrogen) atoms. The highest BCUT2D eigenvalue weighted by atomic mass is 16.6. The highest BCUT2D eigenvalue weighted by molar-refractivity contribution is 5.78. The number of hydrogen-bond donors (Lipinski definition) is 2. The zero-order valence-electron chi connectivity index (χ0n) is 13.5. The Morgan fingerprint density at radius 3 is 1.95 bits per heavy atom. The fourth-order valence-electron chi connectivity index (χ4n) is 1.91. The molecule has 0 rings (SSSR count). The molecule has 0 aromatic heterocycles. The molecule has 5 heteroatoms. The Bertz CT molecular complexity index is 292. The normalized spacial score (nSPS) is 11.3. The minimum atomic E-state index is -0.499. The van der Waals surface area contributed by atoms with Crippen LogP contribution in [0.5, 0.6) is 0 Å². The highest BCUT2D eigenvalue weighted by Gasteiger charge is 2.17. The molecule has 0 radical (unpaired) electrons. The van der Waals surface area contributed by atoms with Gasteiger partial charge in [-0.25, -0.2) is 4.79 Å². The van der Waals surface area contributed by atoms with Crippen molar-refractivity contribution in [2.24, 2.45) is 5.92 Å². The van der Waals surface area contributed by atoms with Gasteiger partial charge in [0, 0.05) is 19.0 Å². The average Bonchev–Trinajstić information content (AvgIpc) is 2.32. The Labute approximate surface area is 122 Å². The maximum atomic E-state index is 11.9. The molecule has 0 saturated carbocycles. The van der Waals surface area contributed by atoms with Crippen molar-refractivity contribution in [3.8, 4) is 0 Å². The summed E-state index contributed by atoms with van der Waals surface area (Å²) in [7, 11) is 0. The lowest BCUT2D eigenvalue weighted by Crippen LogP contribution is -2.39. The fraction of sp³-hybridized carbons (Fsp3) is 0.867. The van der Waals surface area contributed by atoms with Gasteiger partial charge in [0.25, 0.3) is 0 Å². The van der Waals surface area contributed by atoms with E-state index in [1.54, 1.807) is 0 Å². The summed E-state index contributed by atoms with van der Waals surface area (Å²) in [5, 5.41) is 5.48. The Morgan fingerprint density at radius 1 is 1.00 bits per heavy atom. The lowest BCUT2D eigenvalue weighted by molar-refractivity contribution is -0.125. The van der Waals surface area contributed by atoms with Crippen molar-refractivity contribution in [3.05, 3.63) is 0 Å². The minimum absolute atomic E-state index is 0.0830. The first-order chi connectivity index (χ1) is 9.30. The average molecular weight is 286 g/mol. The molecular formula is C15H30N2O3. The maximum absolute atomic E-state index is 11.9. The summed E-state index contributed by atoms with van der Waals surface area (Å²) in [6, 6.07) is 0. The quantitative estimate of drug-likeness (QED) is 0.674. The third-order valence-electron chi connectivity index (χ3n) is 2.74. The van der Waals surface area contributed by atoms with Gasteiger partial charge in [0.05, 0.1) is 0 Å². The first-order valence-corrected chi connectivity index (χ1v) is 7.54. The zero-order chi connectivity index (χ0) is 15.6. The maximum Gasteiger partial charge on any atom is 0.407 e. The molecule has 0 aromatic rings. The first-order valence-electron chi connectivity index (χ1n) is 7.54. The fourth-order valence-corrected chi connectivity index (χ4v) is 1.91. The second-order valence-corrected chi connectivity index (χ2v) is 5.99. The number of carbonyl (C=O) groups is 2. The predicted molar refractivity (Wildman–Crippen MR) is 80.6 cm³/mol. The number of amides is 2. The molecule has 0 aliphatic rings. The van der Waals surface area contributed by atoms with Gasteiger partial charge in [-0.15, -0.1) is 0 Å². The van der Waals surface area contributed by atoms with E-state index < -0.39 is 11.7 Å². The Kier molecular flexibility index (Phi) is 9.01. The van der Waals surface area contributed by atoms with E-state index in [9.17, 15) is 9.59 Å². The van der Waals surface area contributed by atoms with Gasteiger partial charge in [0.1, 0.15) is 5.60 Å². The second kappa shape index (κ2) is 9.61. The molecule has 0 atom stereocenters. The van der Waals surface area contributed by atoms with Gasteiger partial charge < -0.3 is 15.4 Å². The Balaban J connectivity index is 3.87. The molecule has 2 amide bonds. The van der Waals surface area contributed by atoms with E-state index in [1.165, 1.54) is 0 Å². The molecule has 118 valence electrons. The van der Waals surface area contributed by atoms with Crippen LogP contribution in [0.4, 0.5) is 4.79 Å². The number of rotatable bonds is 8. The molecule has 0 saturated heterocycles. The van der Waals surface area contributed by atoms with Gasteiger partial charge >= 0.3 is 6.09 Å². The van der Waals surface area contributed by atoms with E-state index in [0.29, 0.717) is 13.1 Å². The predicted octanol–water partition coefficient (Wildman–Crippen LogP) is 2.84. The van der Waals surface area contributed by atoms with Crippen LogP contribution in [0.15, 0.2) is 0 Å². The topological polar surface area (TPSA) is 67.4 Å². The number of nitrogens with one attached hydrogen (secondary N) is 2. The molecule has 5 nitrogen and oxygen atoms in total. The van der Waals surface area contributed by atoms with Crippen molar-refractivity contribution < 1.29 is 14.3 Å². The molecule has 0 unspecified atom stereocenters. The van der Waals surface area contributed by atoms with E-state index in [1.807, 2.05) is 20.8 Å². The van der Waals surface area contributed by atoms with Crippen molar-refractivity contribution in [1.29, 1.82) is 0 Å². The summed E-state index contributed by atoms with van der Waals surface area (Å²) in [4.78, 5) is 23.3. The first kappa shape index (κ1) is 18.7. The third kappa shape index (κ3) is 9.64. The van der Waals surface area contributed by atoms with Gasteiger partial charge in [0.2, 0.25) is 5.91 Å². The van der Waals surface area contributed by atoms with Crippen molar-refractivity contribution in [3.63, 3.8) is 0 Å².